The van der Waals surface area contributed by atoms with Crippen molar-refractivity contribution >= 4 is 5.91 Å². The standard InChI is InChI=1S/C17H19NO3/c1-12-5-3-6-14(11-12)21-10-9-18-17(20)15-7-4-8-16(19)13(15)2/h3-8,11,19H,9-10H2,1-2H3,(H,18,20). The van der Waals surface area contributed by atoms with E-state index < -0.39 is 0 Å². The SMILES string of the molecule is Cc1cccc(OCCNC(=O)c2cccc(O)c2C)c1. The van der Waals surface area contributed by atoms with E-state index >= 15 is 0 Å². The van der Waals surface area contributed by atoms with Crippen molar-refractivity contribution in [3.8, 4) is 11.5 Å². The smallest absolute Gasteiger partial charge is 0.251 e. The number of phenols is 1. The van der Waals surface area contributed by atoms with Gasteiger partial charge in [0, 0.05) is 11.1 Å². The highest BCUT2D eigenvalue weighted by Crippen LogP contribution is 2.19. The van der Waals surface area contributed by atoms with Crippen LogP contribution in [0.1, 0.15) is 21.5 Å². The van der Waals surface area contributed by atoms with Crippen molar-refractivity contribution in [1.29, 1.82) is 0 Å². The number of carbonyl (C=O) groups excluding carboxylic acids is 1. The van der Waals surface area contributed by atoms with E-state index in [1.165, 1.54) is 0 Å². The summed E-state index contributed by atoms with van der Waals surface area (Å²) < 4.78 is 5.56. The number of carbonyl (C=O) groups is 1. The molecule has 0 bridgehead atoms. The fraction of sp³-hybridized carbons (Fsp3) is 0.235. The van der Waals surface area contributed by atoms with Crippen LogP contribution in [0.2, 0.25) is 0 Å². The maximum Gasteiger partial charge on any atom is 0.251 e. The van der Waals surface area contributed by atoms with Gasteiger partial charge < -0.3 is 15.2 Å². The first-order valence-electron chi connectivity index (χ1n) is 6.84. The minimum absolute atomic E-state index is 0.124. The van der Waals surface area contributed by atoms with Gasteiger partial charge in [-0.1, -0.05) is 18.2 Å². The van der Waals surface area contributed by atoms with Gasteiger partial charge in [0.1, 0.15) is 18.1 Å². The van der Waals surface area contributed by atoms with Crippen molar-refractivity contribution in [2.24, 2.45) is 0 Å². The van der Waals surface area contributed by atoms with Crippen LogP contribution < -0.4 is 10.1 Å². The molecule has 0 atom stereocenters. The van der Waals surface area contributed by atoms with Crippen LogP contribution in [0.3, 0.4) is 0 Å². The normalized spacial score (nSPS) is 10.2. The molecule has 0 saturated carbocycles. The van der Waals surface area contributed by atoms with Crippen molar-refractivity contribution in [3.05, 3.63) is 59.2 Å². The quantitative estimate of drug-likeness (QED) is 0.831. The lowest BCUT2D eigenvalue weighted by molar-refractivity contribution is 0.0946. The topological polar surface area (TPSA) is 58.6 Å². The number of nitrogens with one attached hydrogen (secondary N) is 1. The summed E-state index contributed by atoms with van der Waals surface area (Å²) in [6.45, 7) is 4.52. The first-order valence-corrected chi connectivity index (χ1v) is 6.84. The van der Waals surface area contributed by atoms with Crippen LogP contribution in [-0.2, 0) is 0 Å². The average Bonchev–Trinajstić information content (AvgIpc) is 2.46. The average molecular weight is 285 g/mol. The Morgan fingerprint density at radius 2 is 1.95 bits per heavy atom. The van der Waals surface area contributed by atoms with Crippen LogP contribution in [0.15, 0.2) is 42.5 Å². The van der Waals surface area contributed by atoms with Gasteiger partial charge in [0.15, 0.2) is 0 Å². The summed E-state index contributed by atoms with van der Waals surface area (Å²) in [5.74, 6) is 0.702. The van der Waals surface area contributed by atoms with Crippen molar-refractivity contribution in [3.63, 3.8) is 0 Å². The molecular formula is C17H19NO3. The second-order valence-corrected chi connectivity index (χ2v) is 4.87. The number of aromatic hydroxyl groups is 1. The zero-order valence-corrected chi connectivity index (χ0v) is 12.2. The second-order valence-electron chi connectivity index (χ2n) is 4.87. The zero-order valence-electron chi connectivity index (χ0n) is 12.2. The molecule has 21 heavy (non-hydrogen) atoms. The number of phenolic OH excluding ortho intramolecular Hbond substituents is 1. The number of hydrogen-bond acceptors (Lipinski definition) is 3. The summed E-state index contributed by atoms with van der Waals surface area (Å²) in [5, 5.41) is 12.4. The number of benzene rings is 2. The third-order valence-electron chi connectivity index (χ3n) is 3.20. The summed E-state index contributed by atoms with van der Waals surface area (Å²) in [6, 6.07) is 12.7. The molecule has 0 unspecified atom stereocenters. The molecule has 0 spiro atoms. The molecular weight excluding hydrogens is 266 g/mol. The molecule has 2 aromatic carbocycles. The molecule has 0 aromatic heterocycles. The number of aryl methyl sites for hydroxylation is 1. The highest BCUT2D eigenvalue weighted by Gasteiger charge is 2.10. The van der Waals surface area contributed by atoms with E-state index in [0.29, 0.717) is 24.3 Å². The lowest BCUT2D eigenvalue weighted by Crippen LogP contribution is -2.28. The molecule has 4 nitrogen and oxygen atoms in total. The monoisotopic (exact) mass is 285 g/mol. The Labute approximate surface area is 124 Å². The molecule has 4 heteroatoms. The predicted molar refractivity (Wildman–Crippen MR) is 81.9 cm³/mol. The zero-order chi connectivity index (χ0) is 15.2. The number of ether oxygens (including phenoxy) is 1. The minimum Gasteiger partial charge on any atom is -0.508 e. The van der Waals surface area contributed by atoms with Crippen LogP contribution in [0.5, 0.6) is 11.5 Å². The summed E-state index contributed by atoms with van der Waals surface area (Å²) in [7, 11) is 0. The molecule has 110 valence electrons. The van der Waals surface area contributed by atoms with Gasteiger partial charge in [0.25, 0.3) is 5.91 Å². The van der Waals surface area contributed by atoms with Crippen molar-refractivity contribution in [1.82, 2.24) is 5.32 Å². The summed E-state index contributed by atoms with van der Waals surface area (Å²) in [6.07, 6.45) is 0. The van der Waals surface area contributed by atoms with Gasteiger partial charge in [-0.05, 0) is 43.7 Å². The Kier molecular flexibility index (Phi) is 4.82. The molecule has 0 fully saturated rings. The van der Waals surface area contributed by atoms with E-state index in [1.54, 1.807) is 25.1 Å². The fourth-order valence-corrected chi connectivity index (χ4v) is 2.00. The molecule has 2 rings (SSSR count). The predicted octanol–water partition coefficient (Wildman–Crippen LogP) is 2.82. The first kappa shape index (κ1) is 14.9. The molecule has 0 radical (unpaired) electrons. The third-order valence-corrected chi connectivity index (χ3v) is 3.20. The highest BCUT2D eigenvalue weighted by molar-refractivity contribution is 5.96. The number of rotatable bonds is 5. The lowest BCUT2D eigenvalue weighted by atomic mass is 10.1. The minimum atomic E-state index is -0.212. The van der Waals surface area contributed by atoms with Crippen LogP contribution in [-0.4, -0.2) is 24.2 Å². The maximum absolute atomic E-state index is 12.0. The molecule has 0 aliphatic carbocycles. The fourth-order valence-electron chi connectivity index (χ4n) is 2.00. The largest absolute Gasteiger partial charge is 0.508 e. The van der Waals surface area contributed by atoms with E-state index in [9.17, 15) is 9.90 Å². The molecule has 0 heterocycles. The van der Waals surface area contributed by atoms with Crippen molar-refractivity contribution < 1.29 is 14.6 Å². The van der Waals surface area contributed by atoms with Gasteiger partial charge in [-0.3, -0.25) is 4.79 Å². The van der Waals surface area contributed by atoms with Crippen LogP contribution in [0, 0.1) is 13.8 Å². The van der Waals surface area contributed by atoms with E-state index in [-0.39, 0.29) is 11.7 Å². The summed E-state index contributed by atoms with van der Waals surface area (Å²) in [4.78, 5) is 12.0. The Hall–Kier alpha value is -2.49. The molecule has 1 amide bonds. The lowest BCUT2D eigenvalue weighted by Gasteiger charge is -2.10. The second kappa shape index (κ2) is 6.79. The molecule has 0 aliphatic rings. The van der Waals surface area contributed by atoms with Crippen LogP contribution >= 0.6 is 0 Å². The van der Waals surface area contributed by atoms with Crippen LogP contribution in [0.25, 0.3) is 0 Å². The molecule has 2 aromatic rings. The van der Waals surface area contributed by atoms with Gasteiger partial charge in [-0.2, -0.15) is 0 Å². The maximum atomic E-state index is 12.0. The van der Waals surface area contributed by atoms with Gasteiger partial charge in [-0.15, -0.1) is 0 Å². The molecule has 0 saturated heterocycles. The van der Waals surface area contributed by atoms with E-state index in [4.69, 9.17) is 4.74 Å². The van der Waals surface area contributed by atoms with Gasteiger partial charge >= 0.3 is 0 Å². The number of amides is 1. The first-order chi connectivity index (χ1) is 10.1. The van der Waals surface area contributed by atoms with Crippen LogP contribution in [0.4, 0.5) is 0 Å². The Morgan fingerprint density at radius 3 is 2.71 bits per heavy atom. The summed E-state index contributed by atoms with van der Waals surface area (Å²) >= 11 is 0. The van der Waals surface area contributed by atoms with Gasteiger partial charge in [0.2, 0.25) is 0 Å². The Bertz CT molecular complexity index is 638. The Balaban J connectivity index is 1.83. The van der Waals surface area contributed by atoms with Crippen molar-refractivity contribution in [2.75, 3.05) is 13.2 Å². The van der Waals surface area contributed by atoms with E-state index in [0.717, 1.165) is 11.3 Å². The Morgan fingerprint density at radius 1 is 1.19 bits per heavy atom. The third kappa shape index (κ3) is 3.99. The highest BCUT2D eigenvalue weighted by atomic mass is 16.5. The number of hydrogen-bond donors (Lipinski definition) is 2. The summed E-state index contributed by atoms with van der Waals surface area (Å²) in [5.41, 5.74) is 2.19. The van der Waals surface area contributed by atoms with Crippen molar-refractivity contribution in [2.45, 2.75) is 13.8 Å². The van der Waals surface area contributed by atoms with Gasteiger partial charge in [-0.25, -0.2) is 0 Å². The van der Waals surface area contributed by atoms with E-state index in [2.05, 4.69) is 5.32 Å². The molecule has 2 N–H and O–H groups in total. The molecule has 0 aliphatic heterocycles. The van der Waals surface area contributed by atoms with Gasteiger partial charge in [0.05, 0.1) is 6.54 Å². The van der Waals surface area contributed by atoms with E-state index in [1.807, 2.05) is 31.2 Å².